The number of hydrogen-bond acceptors (Lipinski definition) is 4. The van der Waals surface area contributed by atoms with Gasteiger partial charge in [0.05, 0.1) is 18.4 Å². The second-order valence-corrected chi connectivity index (χ2v) is 3.76. The number of nitrogens with zero attached hydrogens (tertiary/aromatic N) is 2. The molecule has 0 saturated heterocycles. The number of aromatic hydroxyl groups is 1. The zero-order chi connectivity index (χ0) is 12.7. The lowest BCUT2D eigenvalue weighted by Crippen LogP contribution is -2.34. The molecule has 1 aromatic rings. The number of amides is 1. The highest BCUT2D eigenvalue weighted by atomic mass is 16.3. The number of carbonyl (C=O) groups excluding carboxylic acids is 1. The molecule has 1 rings (SSSR count). The van der Waals surface area contributed by atoms with E-state index in [1.54, 1.807) is 4.90 Å². The first kappa shape index (κ1) is 13.4. The predicted molar refractivity (Wildman–Crippen MR) is 63.8 cm³/mol. The smallest absolute Gasteiger partial charge is 0.257 e. The van der Waals surface area contributed by atoms with Gasteiger partial charge in [-0.2, -0.15) is 0 Å². The van der Waals surface area contributed by atoms with Crippen molar-refractivity contribution in [2.75, 3.05) is 19.7 Å². The van der Waals surface area contributed by atoms with Crippen molar-refractivity contribution in [2.24, 2.45) is 0 Å². The summed E-state index contributed by atoms with van der Waals surface area (Å²) in [7, 11) is 0. The minimum Gasteiger partial charge on any atom is -0.505 e. The maximum absolute atomic E-state index is 12.1. The number of carbonyl (C=O) groups is 1. The topological polar surface area (TPSA) is 73.7 Å². The number of rotatable bonds is 6. The van der Waals surface area contributed by atoms with Crippen molar-refractivity contribution in [1.29, 1.82) is 0 Å². The lowest BCUT2D eigenvalue weighted by molar-refractivity contribution is 0.0716. The van der Waals surface area contributed by atoms with Crippen LogP contribution in [0.1, 0.15) is 30.1 Å². The van der Waals surface area contributed by atoms with E-state index < -0.39 is 0 Å². The molecular weight excluding hydrogens is 220 g/mol. The molecule has 5 heteroatoms. The van der Waals surface area contributed by atoms with Crippen molar-refractivity contribution in [1.82, 2.24) is 9.88 Å². The molecule has 0 aromatic carbocycles. The second-order valence-electron chi connectivity index (χ2n) is 3.76. The van der Waals surface area contributed by atoms with Crippen molar-refractivity contribution in [3.05, 3.63) is 24.0 Å². The first-order valence-corrected chi connectivity index (χ1v) is 5.73. The maximum atomic E-state index is 12.1. The van der Waals surface area contributed by atoms with E-state index in [1.165, 1.54) is 18.5 Å². The molecule has 0 radical (unpaired) electrons. The molecule has 17 heavy (non-hydrogen) atoms. The standard InChI is InChI=1S/C12H18N2O3/c1-2-3-6-14(7-8-15)12(17)10-4-5-13-9-11(10)16/h4-5,9,15-16H,2-3,6-8H2,1H3. The lowest BCUT2D eigenvalue weighted by atomic mass is 10.2. The fraction of sp³-hybridized carbons (Fsp3) is 0.500. The van der Waals surface area contributed by atoms with Crippen LogP contribution in [0.4, 0.5) is 0 Å². The summed E-state index contributed by atoms with van der Waals surface area (Å²) in [6.45, 7) is 2.81. The number of aliphatic hydroxyl groups is 1. The van der Waals surface area contributed by atoms with Gasteiger partial charge in [0.15, 0.2) is 0 Å². The van der Waals surface area contributed by atoms with Crippen LogP contribution in [0.15, 0.2) is 18.5 Å². The molecule has 1 aromatic heterocycles. The van der Waals surface area contributed by atoms with Crippen LogP contribution >= 0.6 is 0 Å². The molecule has 0 unspecified atom stereocenters. The summed E-state index contributed by atoms with van der Waals surface area (Å²) in [6, 6.07) is 1.48. The van der Waals surface area contributed by atoms with Crippen molar-refractivity contribution >= 4 is 5.91 Å². The highest BCUT2D eigenvalue weighted by molar-refractivity contribution is 5.96. The van der Waals surface area contributed by atoms with Crippen molar-refractivity contribution in [3.8, 4) is 5.75 Å². The summed E-state index contributed by atoms with van der Waals surface area (Å²) in [6.07, 6.45) is 4.54. The van der Waals surface area contributed by atoms with Crippen LogP contribution in [0.5, 0.6) is 5.75 Å². The van der Waals surface area contributed by atoms with E-state index >= 15 is 0 Å². The molecule has 0 aliphatic heterocycles. The van der Waals surface area contributed by atoms with Crippen LogP contribution in [0, 0.1) is 0 Å². The summed E-state index contributed by atoms with van der Waals surface area (Å²) in [5.74, 6) is -0.399. The Balaban J connectivity index is 2.80. The third kappa shape index (κ3) is 3.71. The van der Waals surface area contributed by atoms with Gasteiger partial charge >= 0.3 is 0 Å². The number of pyridine rings is 1. The maximum Gasteiger partial charge on any atom is 0.257 e. The SMILES string of the molecule is CCCCN(CCO)C(=O)c1ccncc1O. The van der Waals surface area contributed by atoms with E-state index in [-0.39, 0.29) is 30.4 Å². The molecule has 2 N–H and O–H groups in total. The molecule has 0 atom stereocenters. The molecule has 0 bridgehead atoms. The fourth-order valence-electron chi connectivity index (χ4n) is 1.52. The average Bonchev–Trinajstić information content (AvgIpc) is 2.34. The number of aliphatic hydroxyl groups excluding tert-OH is 1. The Bertz CT molecular complexity index is 369. The largest absolute Gasteiger partial charge is 0.505 e. The lowest BCUT2D eigenvalue weighted by Gasteiger charge is -2.21. The molecule has 1 heterocycles. The zero-order valence-corrected chi connectivity index (χ0v) is 9.96. The normalized spacial score (nSPS) is 10.2. The number of aromatic nitrogens is 1. The predicted octanol–water partition coefficient (Wildman–Crippen LogP) is 1.02. The quantitative estimate of drug-likeness (QED) is 0.776. The summed E-state index contributed by atoms with van der Waals surface area (Å²) < 4.78 is 0. The average molecular weight is 238 g/mol. The van der Waals surface area contributed by atoms with Crippen LogP contribution in [-0.2, 0) is 0 Å². The van der Waals surface area contributed by atoms with Crippen LogP contribution in [0.2, 0.25) is 0 Å². The molecule has 0 aliphatic carbocycles. The summed E-state index contributed by atoms with van der Waals surface area (Å²) >= 11 is 0. The molecule has 0 spiro atoms. The van der Waals surface area contributed by atoms with Crippen LogP contribution < -0.4 is 0 Å². The molecule has 1 amide bonds. The van der Waals surface area contributed by atoms with Crippen molar-refractivity contribution < 1.29 is 15.0 Å². The van der Waals surface area contributed by atoms with Crippen LogP contribution in [0.25, 0.3) is 0 Å². The van der Waals surface area contributed by atoms with E-state index in [2.05, 4.69) is 4.98 Å². The summed E-state index contributed by atoms with van der Waals surface area (Å²) in [5, 5.41) is 18.5. The van der Waals surface area contributed by atoms with Crippen molar-refractivity contribution in [3.63, 3.8) is 0 Å². The first-order chi connectivity index (χ1) is 8.20. The van der Waals surface area contributed by atoms with Gasteiger partial charge in [0, 0.05) is 19.3 Å². The van der Waals surface area contributed by atoms with Gasteiger partial charge in [-0.3, -0.25) is 9.78 Å². The van der Waals surface area contributed by atoms with Crippen LogP contribution in [-0.4, -0.2) is 45.7 Å². The Kier molecular flexibility index (Phi) is 5.42. The van der Waals surface area contributed by atoms with Crippen molar-refractivity contribution in [2.45, 2.75) is 19.8 Å². The molecule has 0 saturated carbocycles. The molecule has 5 nitrogen and oxygen atoms in total. The monoisotopic (exact) mass is 238 g/mol. The molecule has 0 fully saturated rings. The number of unbranched alkanes of at least 4 members (excludes halogenated alkanes) is 1. The van der Waals surface area contributed by atoms with Crippen LogP contribution in [0.3, 0.4) is 0 Å². The number of hydrogen-bond donors (Lipinski definition) is 2. The highest BCUT2D eigenvalue weighted by Gasteiger charge is 2.17. The highest BCUT2D eigenvalue weighted by Crippen LogP contribution is 2.16. The molecule has 0 aliphatic rings. The van der Waals surface area contributed by atoms with Gasteiger partial charge in [-0.05, 0) is 12.5 Å². The summed E-state index contributed by atoms with van der Waals surface area (Å²) in [5.41, 5.74) is 0.226. The van der Waals surface area contributed by atoms with E-state index in [0.717, 1.165) is 12.8 Å². The Hall–Kier alpha value is -1.62. The van der Waals surface area contributed by atoms with Gasteiger partial charge in [-0.15, -0.1) is 0 Å². The molecule has 94 valence electrons. The van der Waals surface area contributed by atoms with E-state index in [9.17, 15) is 9.90 Å². The van der Waals surface area contributed by atoms with E-state index in [0.29, 0.717) is 6.54 Å². The van der Waals surface area contributed by atoms with Gasteiger partial charge in [0.2, 0.25) is 0 Å². The van der Waals surface area contributed by atoms with Gasteiger partial charge in [0.25, 0.3) is 5.91 Å². The zero-order valence-electron chi connectivity index (χ0n) is 9.96. The third-order valence-electron chi connectivity index (χ3n) is 2.47. The van der Waals surface area contributed by atoms with Gasteiger partial charge in [0.1, 0.15) is 5.75 Å². The Morgan fingerprint density at radius 2 is 2.24 bits per heavy atom. The van der Waals surface area contributed by atoms with Gasteiger partial charge in [-0.1, -0.05) is 13.3 Å². The Labute approximate surface area is 101 Å². The molecular formula is C12H18N2O3. The summed E-state index contributed by atoms with van der Waals surface area (Å²) in [4.78, 5) is 17.4. The Morgan fingerprint density at radius 1 is 1.47 bits per heavy atom. The van der Waals surface area contributed by atoms with Gasteiger partial charge < -0.3 is 15.1 Å². The fourth-order valence-corrected chi connectivity index (χ4v) is 1.52. The Morgan fingerprint density at radius 3 is 2.82 bits per heavy atom. The minimum atomic E-state index is -0.271. The van der Waals surface area contributed by atoms with Gasteiger partial charge in [-0.25, -0.2) is 0 Å². The minimum absolute atomic E-state index is 0.0820. The third-order valence-corrected chi connectivity index (χ3v) is 2.47. The second kappa shape index (κ2) is 6.85. The van der Waals surface area contributed by atoms with E-state index in [1.807, 2.05) is 6.92 Å². The van der Waals surface area contributed by atoms with E-state index in [4.69, 9.17) is 5.11 Å². The first-order valence-electron chi connectivity index (χ1n) is 5.73.